The standard InChI is InChI=1S/C38H75NO4.CH4O4S/c1-4-6-8-10-12-14-16-18-20-22-24-26-28-30-32-34-36(40)42-38(3,39)43-37(41)35-33-31-29-27-25-23-21-19-17-15-13-11-9-7-5-2;1-5-6(2,3)4/h4-35,39H2,1-3H3;1H3,(H,2,3,4). The van der Waals surface area contributed by atoms with Crippen molar-refractivity contribution < 1.29 is 36.2 Å². The molecule has 0 rings (SSSR count). The van der Waals surface area contributed by atoms with E-state index in [0.29, 0.717) is 12.8 Å². The van der Waals surface area contributed by atoms with E-state index in [1.54, 1.807) is 0 Å². The summed E-state index contributed by atoms with van der Waals surface area (Å²) in [5.41, 5.74) is 5.94. The van der Waals surface area contributed by atoms with E-state index in [1.165, 1.54) is 161 Å². The summed E-state index contributed by atoms with van der Waals surface area (Å²) in [4.78, 5) is 24.4. The van der Waals surface area contributed by atoms with Gasteiger partial charge in [0.05, 0.1) is 7.11 Å². The normalized spacial score (nSPS) is 11.6. The van der Waals surface area contributed by atoms with Crippen LogP contribution < -0.4 is 5.73 Å². The summed E-state index contributed by atoms with van der Waals surface area (Å²) in [7, 11) is -3.29. The largest absolute Gasteiger partial charge is 0.409 e. The highest BCUT2D eigenvalue weighted by atomic mass is 32.3. The zero-order chi connectivity index (χ0) is 36.9. The Kier molecular flexibility index (Phi) is 37.2. The quantitative estimate of drug-likeness (QED) is 0.0283. The Morgan fingerprint density at radius 1 is 0.490 bits per heavy atom. The topological polar surface area (TPSA) is 142 Å². The summed E-state index contributed by atoms with van der Waals surface area (Å²) in [6.07, 6.45) is 39.2. The van der Waals surface area contributed by atoms with Crippen LogP contribution in [-0.4, -0.2) is 37.9 Å². The number of hydrogen-bond acceptors (Lipinski definition) is 8. The summed E-state index contributed by atoms with van der Waals surface area (Å²) >= 11 is 0. The molecular formula is C39H79NO8S. The lowest BCUT2D eigenvalue weighted by Crippen LogP contribution is -2.45. The first kappa shape index (κ1) is 49.9. The fraction of sp³-hybridized carbons (Fsp3) is 0.949. The molecule has 0 amide bonds. The molecule has 0 aliphatic carbocycles. The Morgan fingerprint density at radius 3 is 0.857 bits per heavy atom. The molecule has 0 atom stereocenters. The van der Waals surface area contributed by atoms with Gasteiger partial charge in [-0.25, -0.2) is 0 Å². The summed E-state index contributed by atoms with van der Waals surface area (Å²) in [5.74, 6) is -2.46. The van der Waals surface area contributed by atoms with Gasteiger partial charge in [-0.3, -0.25) is 24.1 Å². The first-order valence-corrected chi connectivity index (χ1v) is 21.6. The van der Waals surface area contributed by atoms with Gasteiger partial charge in [-0.1, -0.05) is 194 Å². The molecule has 0 radical (unpaired) electrons. The van der Waals surface area contributed by atoms with Crippen molar-refractivity contribution >= 4 is 22.3 Å². The molecule has 0 bridgehead atoms. The number of nitrogens with two attached hydrogens (primary N) is 1. The number of hydrogen-bond donors (Lipinski definition) is 2. The number of ether oxygens (including phenoxy) is 2. The van der Waals surface area contributed by atoms with Gasteiger partial charge in [0, 0.05) is 19.8 Å². The van der Waals surface area contributed by atoms with E-state index in [2.05, 4.69) is 18.0 Å². The van der Waals surface area contributed by atoms with Gasteiger partial charge in [0.25, 0.3) is 0 Å². The molecule has 9 nitrogen and oxygen atoms in total. The maximum absolute atomic E-state index is 12.2. The van der Waals surface area contributed by atoms with Gasteiger partial charge < -0.3 is 9.47 Å². The van der Waals surface area contributed by atoms with Crippen LogP contribution in [0.2, 0.25) is 0 Å². The Bertz CT molecular complexity index is 785. The predicted octanol–water partition coefficient (Wildman–Crippen LogP) is 11.7. The highest BCUT2D eigenvalue weighted by molar-refractivity contribution is 7.80. The van der Waals surface area contributed by atoms with Gasteiger partial charge in [-0.15, -0.1) is 0 Å². The first-order valence-electron chi connectivity index (χ1n) is 20.2. The Hall–Kier alpha value is -1.23. The van der Waals surface area contributed by atoms with Crippen LogP contribution in [0.25, 0.3) is 0 Å². The average molecular weight is 722 g/mol. The summed E-state index contributed by atoms with van der Waals surface area (Å²) in [6, 6.07) is 0. The predicted molar refractivity (Wildman–Crippen MR) is 202 cm³/mol. The second-order valence-electron chi connectivity index (χ2n) is 14.0. The van der Waals surface area contributed by atoms with E-state index in [-0.39, 0.29) is 11.9 Å². The van der Waals surface area contributed by atoms with Gasteiger partial charge in [-0.05, 0) is 12.8 Å². The smallest absolute Gasteiger partial charge is 0.397 e. The summed E-state index contributed by atoms with van der Waals surface area (Å²) in [5, 5.41) is 0. The highest BCUT2D eigenvalue weighted by Gasteiger charge is 2.27. The minimum absolute atomic E-state index is 0.321. The van der Waals surface area contributed by atoms with Crippen molar-refractivity contribution in [2.75, 3.05) is 7.11 Å². The maximum Gasteiger partial charge on any atom is 0.397 e. The molecule has 3 N–H and O–H groups in total. The Labute approximate surface area is 302 Å². The van der Waals surface area contributed by atoms with E-state index < -0.39 is 16.3 Å². The highest BCUT2D eigenvalue weighted by Crippen LogP contribution is 2.17. The maximum atomic E-state index is 12.2. The molecule has 10 heteroatoms. The van der Waals surface area contributed by atoms with Crippen LogP contribution in [-0.2, 0) is 33.6 Å². The lowest BCUT2D eigenvalue weighted by molar-refractivity contribution is -0.220. The average Bonchev–Trinajstić information content (AvgIpc) is 3.04. The zero-order valence-electron chi connectivity index (χ0n) is 32.4. The van der Waals surface area contributed by atoms with E-state index in [0.717, 1.165) is 45.6 Å². The first-order chi connectivity index (χ1) is 23.5. The second-order valence-corrected chi connectivity index (χ2v) is 15.1. The molecule has 0 unspecified atom stereocenters. The van der Waals surface area contributed by atoms with Crippen LogP contribution in [0.15, 0.2) is 0 Å². The lowest BCUT2D eigenvalue weighted by Gasteiger charge is -2.24. The van der Waals surface area contributed by atoms with Crippen LogP contribution >= 0.6 is 0 Å². The van der Waals surface area contributed by atoms with Crippen molar-refractivity contribution in [3.63, 3.8) is 0 Å². The van der Waals surface area contributed by atoms with Gasteiger partial charge in [0.2, 0.25) is 0 Å². The molecule has 0 aromatic carbocycles. The second kappa shape index (κ2) is 36.6. The van der Waals surface area contributed by atoms with Gasteiger partial charge in [0.1, 0.15) is 0 Å². The molecule has 0 aromatic heterocycles. The number of carbonyl (C=O) groups is 2. The van der Waals surface area contributed by atoms with Gasteiger partial charge >= 0.3 is 28.2 Å². The molecule has 0 saturated heterocycles. The number of esters is 2. The van der Waals surface area contributed by atoms with Crippen molar-refractivity contribution in [3.8, 4) is 0 Å². The molecule has 49 heavy (non-hydrogen) atoms. The van der Waals surface area contributed by atoms with Crippen LogP contribution in [0.1, 0.15) is 226 Å². The van der Waals surface area contributed by atoms with E-state index in [4.69, 9.17) is 19.8 Å². The van der Waals surface area contributed by atoms with Gasteiger partial charge in [0.15, 0.2) is 0 Å². The minimum Gasteiger partial charge on any atom is -0.409 e. The zero-order valence-corrected chi connectivity index (χ0v) is 33.2. The van der Waals surface area contributed by atoms with Gasteiger partial charge in [-0.2, -0.15) is 8.42 Å². The van der Waals surface area contributed by atoms with Crippen LogP contribution in [0.4, 0.5) is 0 Å². The minimum atomic E-state index is -4.16. The third kappa shape index (κ3) is 44.7. The number of unbranched alkanes of at least 4 members (excludes halogenated alkanes) is 28. The van der Waals surface area contributed by atoms with Crippen molar-refractivity contribution in [2.45, 2.75) is 232 Å². The van der Waals surface area contributed by atoms with Crippen molar-refractivity contribution in [1.82, 2.24) is 0 Å². The third-order valence-electron chi connectivity index (χ3n) is 8.81. The lowest BCUT2D eigenvalue weighted by atomic mass is 10.0. The molecule has 294 valence electrons. The summed E-state index contributed by atoms with van der Waals surface area (Å²) < 4.78 is 40.2. The molecule has 0 aromatic rings. The van der Waals surface area contributed by atoms with E-state index in [9.17, 15) is 18.0 Å². The van der Waals surface area contributed by atoms with Crippen molar-refractivity contribution in [1.29, 1.82) is 0 Å². The van der Waals surface area contributed by atoms with Crippen molar-refractivity contribution in [3.05, 3.63) is 0 Å². The fourth-order valence-corrected chi connectivity index (χ4v) is 5.86. The number of rotatable bonds is 35. The monoisotopic (exact) mass is 722 g/mol. The van der Waals surface area contributed by atoms with E-state index >= 15 is 0 Å². The van der Waals surface area contributed by atoms with Crippen LogP contribution in [0, 0.1) is 0 Å². The molecule has 0 fully saturated rings. The van der Waals surface area contributed by atoms with E-state index in [1.807, 2.05) is 0 Å². The fourth-order valence-electron chi connectivity index (χ4n) is 5.86. The molecule has 0 aliphatic heterocycles. The third-order valence-corrected chi connectivity index (χ3v) is 9.23. The molecule has 0 saturated carbocycles. The SMILES string of the molecule is CCCCCCCCCCCCCCCCCC(=O)OC(C)(N)OC(=O)CCCCCCCCCCCCCCCCC.COS(=O)(=O)O. The molecule has 0 aliphatic rings. The molecule has 0 heterocycles. The Morgan fingerprint density at radius 2 is 0.673 bits per heavy atom. The van der Waals surface area contributed by atoms with Crippen LogP contribution in [0.5, 0.6) is 0 Å². The van der Waals surface area contributed by atoms with Crippen molar-refractivity contribution in [2.24, 2.45) is 5.73 Å². The number of carbonyl (C=O) groups excluding carboxylic acids is 2. The van der Waals surface area contributed by atoms with Crippen LogP contribution in [0.3, 0.4) is 0 Å². The molecule has 0 spiro atoms. The Balaban J connectivity index is 0. The summed E-state index contributed by atoms with van der Waals surface area (Å²) in [6.45, 7) is 5.99. The molecular weight excluding hydrogens is 642 g/mol.